The number of allylic oxidation sites excluding steroid dienone is 1. The third-order valence-corrected chi connectivity index (χ3v) is 10.4. The van der Waals surface area contributed by atoms with E-state index in [0.29, 0.717) is 17.1 Å². The summed E-state index contributed by atoms with van der Waals surface area (Å²) in [4.78, 5) is 23.2. The molecule has 4 rings (SSSR count). The van der Waals surface area contributed by atoms with Gasteiger partial charge < -0.3 is 5.11 Å². The smallest absolute Gasteiger partial charge is 0.306 e. The van der Waals surface area contributed by atoms with Gasteiger partial charge in [0.2, 0.25) is 0 Å². The highest BCUT2D eigenvalue weighted by molar-refractivity contribution is 5.91. The number of hydrogen-bond donors (Lipinski definition) is 1. The fraction of sp³-hybridized carbons (Fsp3) is 0.852. The number of carbonyl (C=O) groups is 2. The molecule has 0 bridgehead atoms. The minimum atomic E-state index is -0.655. The fourth-order valence-electron chi connectivity index (χ4n) is 8.61. The Labute approximate surface area is 183 Å². The zero-order valence-electron chi connectivity index (χ0n) is 19.6. The number of carbonyl (C=O) groups excluding carboxylic acids is 1. The molecule has 0 aromatic heterocycles. The maximum absolute atomic E-state index is 12.0. The molecule has 30 heavy (non-hydrogen) atoms. The minimum absolute atomic E-state index is 0.216. The van der Waals surface area contributed by atoms with Crippen molar-refractivity contribution < 1.29 is 14.7 Å². The van der Waals surface area contributed by atoms with Crippen LogP contribution in [0.5, 0.6) is 0 Å². The van der Waals surface area contributed by atoms with Crippen LogP contribution in [0.2, 0.25) is 0 Å². The highest BCUT2D eigenvalue weighted by atomic mass is 16.4. The van der Waals surface area contributed by atoms with E-state index in [9.17, 15) is 9.59 Å². The molecule has 1 N–H and O–H groups in total. The number of carboxylic acids is 1. The van der Waals surface area contributed by atoms with Crippen molar-refractivity contribution in [3.63, 3.8) is 0 Å². The second-order valence-corrected chi connectivity index (χ2v) is 11.8. The van der Waals surface area contributed by atoms with Crippen LogP contribution in [-0.2, 0) is 9.59 Å². The molecule has 0 heterocycles. The van der Waals surface area contributed by atoms with Crippen molar-refractivity contribution in [2.24, 2.45) is 46.3 Å². The van der Waals surface area contributed by atoms with Crippen molar-refractivity contribution in [1.29, 1.82) is 0 Å². The van der Waals surface area contributed by atoms with Crippen LogP contribution in [-0.4, -0.2) is 16.9 Å². The van der Waals surface area contributed by atoms with Crippen molar-refractivity contribution in [2.75, 3.05) is 0 Å². The zero-order valence-corrected chi connectivity index (χ0v) is 19.6. The van der Waals surface area contributed by atoms with Gasteiger partial charge in [-0.3, -0.25) is 9.59 Å². The first-order valence-corrected chi connectivity index (χ1v) is 12.6. The third-order valence-electron chi connectivity index (χ3n) is 10.4. The first kappa shape index (κ1) is 22.1. The molecule has 0 amide bonds. The second-order valence-electron chi connectivity index (χ2n) is 11.8. The fourth-order valence-corrected chi connectivity index (χ4v) is 8.61. The summed E-state index contributed by atoms with van der Waals surface area (Å²) in [5, 5.41) is 9.16. The van der Waals surface area contributed by atoms with Gasteiger partial charge in [0.05, 0.1) is 5.92 Å². The summed E-state index contributed by atoms with van der Waals surface area (Å²) < 4.78 is 0. The van der Waals surface area contributed by atoms with Crippen molar-refractivity contribution in [3.05, 3.63) is 11.6 Å². The molecular weight excluding hydrogens is 372 g/mol. The summed E-state index contributed by atoms with van der Waals surface area (Å²) >= 11 is 0. The van der Waals surface area contributed by atoms with Crippen molar-refractivity contribution >= 4 is 11.8 Å². The first-order valence-electron chi connectivity index (χ1n) is 12.6. The molecule has 0 aromatic carbocycles. The molecule has 3 nitrogen and oxygen atoms in total. The largest absolute Gasteiger partial charge is 0.481 e. The van der Waals surface area contributed by atoms with Crippen LogP contribution in [0.15, 0.2) is 11.6 Å². The molecule has 168 valence electrons. The van der Waals surface area contributed by atoms with Crippen LogP contribution in [0.25, 0.3) is 0 Å². The summed E-state index contributed by atoms with van der Waals surface area (Å²) in [6.07, 6.45) is 14.7. The van der Waals surface area contributed by atoms with E-state index >= 15 is 0 Å². The Bertz CT molecular complexity index is 724. The average Bonchev–Trinajstić information content (AvgIpc) is 3.05. The van der Waals surface area contributed by atoms with Gasteiger partial charge in [-0.2, -0.15) is 0 Å². The van der Waals surface area contributed by atoms with E-state index in [1.54, 1.807) is 0 Å². The summed E-state index contributed by atoms with van der Waals surface area (Å²) in [5.41, 5.74) is 2.20. The van der Waals surface area contributed by atoms with Crippen LogP contribution in [0.4, 0.5) is 0 Å². The Balaban J connectivity index is 1.44. The molecule has 0 radical (unpaired) electrons. The molecule has 0 saturated heterocycles. The SMILES string of the molecule is CC(CCCC(C)[C@H]1CC[C@H]2[C@@H]3CCC4=CC(=O)CC[C@]4(C)[C@H]3CC[C@]12C)C(=O)O. The minimum Gasteiger partial charge on any atom is -0.481 e. The van der Waals surface area contributed by atoms with E-state index in [4.69, 9.17) is 5.11 Å². The summed E-state index contributed by atoms with van der Waals surface area (Å²) in [6.45, 7) is 9.35. The van der Waals surface area contributed by atoms with E-state index in [1.807, 2.05) is 13.0 Å². The molecule has 8 atom stereocenters. The summed E-state index contributed by atoms with van der Waals surface area (Å²) in [5.74, 6) is 3.43. The lowest BCUT2D eigenvalue weighted by Gasteiger charge is -2.58. The Hall–Kier alpha value is -1.12. The van der Waals surface area contributed by atoms with Gasteiger partial charge in [-0.1, -0.05) is 46.1 Å². The molecule has 3 saturated carbocycles. The van der Waals surface area contributed by atoms with Crippen LogP contribution in [0.1, 0.15) is 98.3 Å². The highest BCUT2D eigenvalue weighted by Gasteiger charge is 2.59. The Morgan fingerprint density at radius 1 is 1.07 bits per heavy atom. The van der Waals surface area contributed by atoms with E-state index in [1.165, 1.54) is 44.1 Å². The Kier molecular flexibility index (Phi) is 5.96. The van der Waals surface area contributed by atoms with Gasteiger partial charge in [-0.05, 0) is 97.9 Å². The monoisotopic (exact) mass is 414 g/mol. The molecule has 3 heteroatoms. The standard InChI is InChI=1S/C27H42O3/c1-17(6-5-7-18(2)25(29)30)22-10-11-23-21-9-8-19-16-20(28)12-14-26(19,3)24(21)13-15-27(22,23)4/h16-18,21-24H,5-15H2,1-4H3,(H,29,30)/t17?,18?,21-,22+,23-,24-,26-,27+/m0/s1. The quantitative estimate of drug-likeness (QED) is 0.528. The van der Waals surface area contributed by atoms with Crippen molar-refractivity contribution in [1.82, 2.24) is 0 Å². The predicted octanol–water partition coefficient (Wildman–Crippen LogP) is 6.66. The maximum atomic E-state index is 12.0. The third kappa shape index (κ3) is 3.58. The molecule has 0 aromatic rings. The van der Waals surface area contributed by atoms with Crippen LogP contribution >= 0.6 is 0 Å². The van der Waals surface area contributed by atoms with Gasteiger partial charge in [-0.25, -0.2) is 0 Å². The summed E-state index contributed by atoms with van der Waals surface area (Å²) in [7, 11) is 0. The molecule has 4 aliphatic rings. The molecule has 0 aliphatic heterocycles. The van der Waals surface area contributed by atoms with Crippen molar-refractivity contribution in [2.45, 2.75) is 98.3 Å². The Morgan fingerprint density at radius 2 is 1.83 bits per heavy atom. The average molecular weight is 415 g/mol. The number of carboxylic acid groups (broad SMARTS) is 1. The molecule has 4 aliphatic carbocycles. The van der Waals surface area contributed by atoms with Gasteiger partial charge in [0.15, 0.2) is 5.78 Å². The van der Waals surface area contributed by atoms with Crippen LogP contribution in [0.3, 0.4) is 0 Å². The van der Waals surface area contributed by atoms with Gasteiger partial charge in [0.25, 0.3) is 0 Å². The Morgan fingerprint density at radius 3 is 2.57 bits per heavy atom. The number of fused-ring (bicyclic) bond motifs is 5. The lowest BCUT2D eigenvalue weighted by Crippen LogP contribution is -2.50. The van der Waals surface area contributed by atoms with Gasteiger partial charge >= 0.3 is 5.97 Å². The normalized spacial score (nSPS) is 42.5. The maximum Gasteiger partial charge on any atom is 0.306 e. The van der Waals surface area contributed by atoms with E-state index < -0.39 is 5.97 Å². The number of ketones is 1. The topological polar surface area (TPSA) is 54.4 Å². The zero-order chi connectivity index (χ0) is 21.7. The molecule has 2 unspecified atom stereocenters. The number of aliphatic carboxylic acids is 1. The van der Waals surface area contributed by atoms with Gasteiger partial charge in [-0.15, -0.1) is 0 Å². The van der Waals surface area contributed by atoms with Crippen LogP contribution < -0.4 is 0 Å². The van der Waals surface area contributed by atoms with E-state index in [2.05, 4.69) is 20.8 Å². The first-order chi connectivity index (χ1) is 14.2. The van der Waals surface area contributed by atoms with E-state index in [0.717, 1.165) is 55.8 Å². The highest BCUT2D eigenvalue weighted by Crippen LogP contribution is 2.67. The van der Waals surface area contributed by atoms with Gasteiger partial charge in [0.1, 0.15) is 0 Å². The lowest BCUT2D eigenvalue weighted by atomic mass is 9.46. The van der Waals surface area contributed by atoms with E-state index in [-0.39, 0.29) is 11.3 Å². The number of hydrogen-bond acceptors (Lipinski definition) is 2. The molecular formula is C27H42O3. The second kappa shape index (κ2) is 8.10. The van der Waals surface area contributed by atoms with Crippen LogP contribution in [0, 0.1) is 46.3 Å². The molecule has 3 fully saturated rings. The number of rotatable bonds is 6. The predicted molar refractivity (Wildman–Crippen MR) is 120 cm³/mol. The molecule has 0 spiro atoms. The van der Waals surface area contributed by atoms with Crippen molar-refractivity contribution in [3.8, 4) is 0 Å². The lowest BCUT2D eigenvalue weighted by molar-refractivity contribution is -0.141. The van der Waals surface area contributed by atoms with Gasteiger partial charge in [0, 0.05) is 6.42 Å². The summed E-state index contributed by atoms with van der Waals surface area (Å²) in [6, 6.07) is 0.